The van der Waals surface area contributed by atoms with Gasteiger partial charge in [-0.25, -0.2) is 0 Å². The fourth-order valence-corrected chi connectivity index (χ4v) is 2.50. The van der Waals surface area contributed by atoms with Gasteiger partial charge in [0.2, 0.25) is 0 Å². The van der Waals surface area contributed by atoms with E-state index in [4.69, 9.17) is 14.2 Å². The molecule has 0 aliphatic carbocycles. The number of hydrogen-bond acceptors (Lipinski definition) is 5. The van der Waals surface area contributed by atoms with Crippen molar-refractivity contribution >= 4 is 11.9 Å². The third-order valence-electron chi connectivity index (χ3n) is 3.83. The first-order valence-electron chi connectivity index (χ1n) is 7.87. The monoisotopic (exact) mass is 359 g/mol. The largest absolute Gasteiger partial charge is 0.497 e. The van der Waals surface area contributed by atoms with Crippen molar-refractivity contribution in [2.24, 2.45) is 0 Å². The number of carbonyl (C=O) groups is 2. The lowest BCUT2D eigenvalue weighted by molar-refractivity contribution is -0.137. The average molecular weight is 359 g/mol. The van der Waals surface area contributed by atoms with Crippen LogP contribution < -0.4 is 19.5 Å². The Labute approximate surface area is 151 Å². The molecule has 138 valence electrons. The molecule has 7 nitrogen and oxygen atoms in total. The number of amides is 1. The van der Waals surface area contributed by atoms with E-state index in [1.54, 1.807) is 42.5 Å². The molecule has 1 amide bonds. The van der Waals surface area contributed by atoms with E-state index in [0.29, 0.717) is 28.4 Å². The summed E-state index contributed by atoms with van der Waals surface area (Å²) in [7, 11) is 4.51. The highest BCUT2D eigenvalue weighted by atomic mass is 16.5. The Morgan fingerprint density at radius 2 is 1.73 bits per heavy atom. The van der Waals surface area contributed by atoms with Gasteiger partial charge >= 0.3 is 5.97 Å². The first-order valence-corrected chi connectivity index (χ1v) is 7.87. The molecule has 7 heteroatoms. The van der Waals surface area contributed by atoms with Gasteiger partial charge in [0, 0.05) is 5.56 Å². The van der Waals surface area contributed by atoms with Gasteiger partial charge in [0.25, 0.3) is 5.91 Å². The highest BCUT2D eigenvalue weighted by Crippen LogP contribution is 2.31. The molecular formula is C19H21NO6. The van der Waals surface area contributed by atoms with E-state index in [-0.39, 0.29) is 6.42 Å². The van der Waals surface area contributed by atoms with Crippen LogP contribution in [0.1, 0.15) is 28.4 Å². The maximum Gasteiger partial charge on any atom is 0.305 e. The molecule has 0 saturated carbocycles. The minimum atomic E-state index is -1.03. The quantitative estimate of drug-likeness (QED) is 0.753. The van der Waals surface area contributed by atoms with Gasteiger partial charge in [-0.3, -0.25) is 9.59 Å². The van der Waals surface area contributed by atoms with E-state index in [1.807, 2.05) is 0 Å². The Kier molecular flexibility index (Phi) is 6.43. The summed E-state index contributed by atoms with van der Waals surface area (Å²) >= 11 is 0. The molecule has 1 atom stereocenters. The van der Waals surface area contributed by atoms with E-state index in [0.717, 1.165) is 0 Å². The summed E-state index contributed by atoms with van der Waals surface area (Å²) in [5.74, 6) is 0.0830. The normalized spacial score (nSPS) is 11.3. The molecule has 0 heterocycles. The van der Waals surface area contributed by atoms with Crippen LogP contribution in [-0.4, -0.2) is 38.3 Å². The molecule has 0 aliphatic rings. The molecule has 0 bridgehead atoms. The molecule has 2 N–H and O–H groups in total. The number of rotatable bonds is 8. The summed E-state index contributed by atoms with van der Waals surface area (Å²) < 4.78 is 15.5. The van der Waals surface area contributed by atoms with Gasteiger partial charge in [-0.2, -0.15) is 0 Å². The minimum absolute atomic E-state index is 0.273. The number of benzene rings is 2. The van der Waals surface area contributed by atoms with Crippen LogP contribution in [-0.2, 0) is 4.79 Å². The molecule has 0 radical (unpaired) electrons. The number of carboxylic acids is 1. The van der Waals surface area contributed by atoms with Crippen molar-refractivity contribution < 1.29 is 28.9 Å². The van der Waals surface area contributed by atoms with Crippen LogP contribution in [0.25, 0.3) is 0 Å². The summed E-state index contributed by atoms with van der Waals surface area (Å²) in [4.78, 5) is 23.8. The smallest absolute Gasteiger partial charge is 0.305 e. The Balaban J connectivity index is 2.29. The Morgan fingerprint density at radius 1 is 1.00 bits per heavy atom. The highest BCUT2D eigenvalue weighted by molar-refractivity contribution is 5.95. The zero-order valence-corrected chi connectivity index (χ0v) is 14.8. The number of nitrogens with one attached hydrogen (secondary N) is 1. The van der Waals surface area contributed by atoms with Gasteiger partial charge in [0.1, 0.15) is 5.75 Å². The van der Waals surface area contributed by atoms with Crippen LogP contribution in [0.5, 0.6) is 17.2 Å². The lowest BCUT2D eigenvalue weighted by Crippen LogP contribution is -2.30. The standard InChI is InChI=1S/C19H21NO6/c1-24-14-6-4-5-13(9-14)19(23)20-15(11-18(21)22)12-7-8-16(25-2)17(10-12)26-3/h4-10,15H,11H2,1-3H3,(H,20,23)(H,21,22). The van der Waals surface area contributed by atoms with E-state index in [1.165, 1.54) is 21.3 Å². The van der Waals surface area contributed by atoms with Crippen LogP contribution in [0.3, 0.4) is 0 Å². The zero-order chi connectivity index (χ0) is 19.1. The van der Waals surface area contributed by atoms with Crippen LogP contribution >= 0.6 is 0 Å². The maximum absolute atomic E-state index is 12.5. The topological polar surface area (TPSA) is 94.1 Å². The van der Waals surface area contributed by atoms with E-state index in [9.17, 15) is 14.7 Å². The summed E-state index contributed by atoms with van der Waals surface area (Å²) in [6, 6.07) is 10.9. The summed E-state index contributed by atoms with van der Waals surface area (Å²) in [6.07, 6.45) is -0.273. The van der Waals surface area contributed by atoms with Gasteiger partial charge in [-0.1, -0.05) is 12.1 Å². The molecule has 0 spiro atoms. The van der Waals surface area contributed by atoms with Crippen LogP contribution in [0.2, 0.25) is 0 Å². The summed E-state index contributed by atoms with van der Waals surface area (Å²) in [5, 5.41) is 12.0. The van der Waals surface area contributed by atoms with Crippen molar-refractivity contribution in [3.8, 4) is 17.2 Å². The number of carbonyl (C=O) groups excluding carboxylic acids is 1. The zero-order valence-electron chi connectivity index (χ0n) is 14.8. The van der Waals surface area contributed by atoms with E-state index in [2.05, 4.69) is 5.32 Å². The Hall–Kier alpha value is -3.22. The van der Waals surface area contributed by atoms with Crippen LogP contribution in [0.15, 0.2) is 42.5 Å². The van der Waals surface area contributed by atoms with Crippen molar-refractivity contribution in [2.45, 2.75) is 12.5 Å². The first kappa shape index (κ1) is 19.1. The van der Waals surface area contributed by atoms with Crippen molar-refractivity contribution in [2.75, 3.05) is 21.3 Å². The second-order valence-electron chi connectivity index (χ2n) is 5.47. The van der Waals surface area contributed by atoms with Crippen molar-refractivity contribution in [3.05, 3.63) is 53.6 Å². The predicted molar refractivity (Wildman–Crippen MR) is 95.0 cm³/mol. The molecule has 26 heavy (non-hydrogen) atoms. The molecule has 1 unspecified atom stereocenters. The Bertz CT molecular complexity index is 789. The Morgan fingerprint density at radius 3 is 2.35 bits per heavy atom. The molecule has 0 aliphatic heterocycles. The molecule has 0 fully saturated rings. The maximum atomic E-state index is 12.5. The van der Waals surface area contributed by atoms with Gasteiger partial charge < -0.3 is 24.6 Å². The molecule has 2 aromatic carbocycles. The number of hydrogen-bond donors (Lipinski definition) is 2. The lowest BCUT2D eigenvalue weighted by atomic mass is 10.0. The van der Waals surface area contributed by atoms with Gasteiger partial charge in [-0.05, 0) is 35.9 Å². The number of aliphatic carboxylic acids is 1. The average Bonchev–Trinajstić information content (AvgIpc) is 2.66. The van der Waals surface area contributed by atoms with Crippen molar-refractivity contribution in [1.82, 2.24) is 5.32 Å². The summed E-state index contributed by atoms with van der Waals surface area (Å²) in [5.41, 5.74) is 0.974. The second-order valence-corrected chi connectivity index (χ2v) is 5.47. The lowest BCUT2D eigenvalue weighted by Gasteiger charge is -2.19. The summed E-state index contributed by atoms with van der Waals surface area (Å²) in [6.45, 7) is 0. The third-order valence-corrected chi connectivity index (χ3v) is 3.83. The van der Waals surface area contributed by atoms with E-state index < -0.39 is 17.9 Å². The number of ether oxygens (including phenoxy) is 3. The van der Waals surface area contributed by atoms with Gasteiger partial charge in [0.05, 0.1) is 33.8 Å². The molecule has 2 rings (SSSR count). The SMILES string of the molecule is COc1cccc(C(=O)NC(CC(=O)O)c2ccc(OC)c(OC)c2)c1. The number of methoxy groups -OCH3 is 3. The molecule has 0 aromatic heterocycles. The van der Waals surface area contributed by atoms with Crippen molar-refractivity contribution in [1.29, 1.82) is 0 Å². The third kappa shape index (κ3) is 4.66. The molecule has 2 aromatic rings. The fourth-order valence-electron chi connectivity index (χ4n) is 2.50. The number of carboxylic acid groups (broad SMARTS) is 1. The minimum Gasteiger partial charge on any atom is -0.497 e. The fraction of sp³-hybridized carbons (Fsp3) is 0.263. The second kappa shape index (κ2) is 8.75. The first-order chi connectivity index (χ1) is 12.5. The van der Waals surface area contributed by atoms with Crippen molar-refractivity contribution in [3.63, 3.8) is 0 Å². The van der Waals surface area contributed by atoms with Gasteiger partial charge in [-0.15, -0.1) is 0 Å². The highest BCUT2D eigenvalue weighted by Gasteiger charge is 2.21. The molecule has 0 saturated heterocycles. The van der Waals surface area contributed by atoms with Crippen LogP contribution in [0, 0.1) is 0 Å². The van der Waals surface area contributed by atoms with Crippen LogP contribution in [0.4, 0.5) is 0 Å². The van der Waals surface area contributed by atoms with E-state index >= 15 is 0 Å². The van der Waals surface area contributed by atoms with Gasteiger partial charge in [0.15, 0.2) is 11.5 Å². The molecular weight excluding hydrogens is 338 g/mol. The predicted octanol–water partition coefficient (Wildman–Crippen LogP) is 2.66.